The van der Waals surface area contributed by atoms with Gasteiger partial charge in [-0.15, -0.1) is 0 Å². The van der Waals surface area contributed by atoms with Gasteiger partial charge in [-0.25, -0.2) is 4.79 Å². The number of carbonyl (C=O) groups is 2. The van der Waals surface area contributed by atoms with Crippen LogP contribution < -0.4 is 10.6 Å². The molecule has 0 unspecified atom stereocenters. The van der Waals surface area contributed by atoms with Crippen LogP contribution in [0.5, 0.6) is 0 Å². The van der Waals surface area contributed by atoms with E-state index in [4.69, 9.17) is 11.6 Å². The molecule has 6 nitrogen and oxygen atoms in total. The van der Waals surface area contributed by atoms with Crippen LogP contribution >= 0.6 is 11.6 Å². The Morgan fingerprint density at radius 1 is 1.06 bits per heavy atom. The molecule has 3 aromatic rings. The van der Waals surface area contributed by atoms with Gasteiger partial charge >= 0.3 is 6.03 Å². The second kappa shape index (κ2) is 9.62. The van der Waals surface area contributed by atoms with Crippen LogP contribution in [0, 0.1) is 0 Å². The number of likely N-dealkylation sites (tertiary alicyclic amines) is 1. The van der Waals surface area contributed by atoms with Crippen molar-refractivity contribution in [1.29, 1.82) is 0 Å². The standard InChI is InChI=1S/C24H23ClN4O2/c25-20-7-3-17(4-8-20)14-27-24(31)28-21-9-5-18(6-10-21)16-29-22(11-12-23(29)30)19-2-1-13-26-15-19/h1-10,13,15,22H,11-12,14,16H2,(H2,27,28,31)/t22-/m0/s1. The highest BCUT2D eigenvalue weighted by Crippen LogP contribution is 2.33. The lowest BCUT2D eigenvalue weighted by Gasteiger charge is -2.25. The third-order valence-electron chi connectivity index (χ3n) is 5.33. The number of anilines is 1. The first-order valence-electron chi connectivity index (χ1n) is 10.2. The highest BCUT2D eigenvalue weighted by molar-refractivity contribution is 6.30. The molecule has 0 radical (unpaired) electrons. The minimum absolute atomic E-state index is 0.0534. The van der Waals surface area contributed by atoms with E-state index in [0.717, 1.165) is 23.1 Å². The van der Waals surface area contributed by atoms with Crippen LogP contribution in [0.3, 0.4) is 0 Å². The van der Waals surface area contributed by atoms with E-state index in [-0.39, 0.29) is 18.0 Å². The fraction of sp³-hybridized carbons (Fsp3) is 0.208. The van der Waals surface area contributed by atoms with E-state index in [9.17, 15) is 9.59 Å². The number of nitrogens with zero attached hydrogens (tertiary/aromatic N) is 2. The summed E-state index contributed by atoms with van der Waals surface area (Å²) in [6.45, 7) is 0.940. The second-order valence-electron chi connectivity index (χ2n) is 7.49. The van der Waals surface area contributed by atoms with Crippen molar-refractivity contribution in [2.45, 2.75) is 32.0 Å². The number of urea groups is 1. The summed E-state index contributed by atoms with van der Waals surface area (Å²) in [6, 6.07) is 18.6. The van der Waals surface area contributed by atoms with Gasteiger partial charge in [0.15, 0.2) is 0 Å². The SMILES string of the molecule is O=C(NCc1ccc(Cl)cc1)Nc1ccc(CN2C(=O)CC[C@H]2c2cccnc2)cc1. The number of nitrogens with one attached hydrogen (secondary N) is 2. The quantitative estimate of drug-likeness (QED) is 0.578. The Labute approximate surface area is 186 Å². The highest BCUT2D eigenvalue weighted by atomic mass is 35.5. The summed E-state index contributed by atoms with van der Waals surface area (Å²) >= 11 is 5.87. The van der Waals surface area contributed by atoms with Gasteiger partial charge in [-0.1, -0.05) is 41.9 Å². The fourth-order valence-electron chi connectivity index (χ4n) is 3.70. The van der Waals surface area contributed by atoms with Gasteiger partial charge in [-0.3, -0.25) is 9.78 Å². The lowest BCUT2D eigenvalue weighted by molar-refractivity contribution is -0.129. The van der Waals surface area contributed by atoms with Crippen molar-refractivity contribution < 1.29 is 9.59 Å². The maximum absolute atomic E-state index is 12.4. The zero-order chi connectivity index (χ0) is 21.6. The number of rotatable bonds is 6. The lowest BCUT2D eigenvalue weighted by atomic mass is 10.1. The number of carbonyl (C=O) groups excluding carboxylic acids is 2. The number of pyridine rings is 1. The fourth-order valence-corrected chi connectivity index (χ4v) is 3.83. The highest BCUT2D eigenvalue weighted by Gasteiger charge is 2.32. The summed E-state index contributed by atoms with van der Waals surface area (Å²) in [5.41, 5.74) is 3.72. The maximum atomic E-state index is 12.4. The first-order valence-corrected chi connectivity index (χ1v) is 10.5. The molecule has 31 heavy (non-hydrogen) atoms. The van der Waals surface area contributed by atoms with Gasteiger partial charge in [-0.05, 0) is 53.4 Å². The van der Waals surface area contributed by atoms with Crippen molar-refractivity contribution in [3.05, 3.63) is 94.8 Å². The number of hydrogen-bond acceptors (Lipinski definition) is 3. The topological polar surface area (TPSA) is 74.3 Å². The predicted molar refractivity (Wildman–Crippen MR) is 121 cm³/mol. The largest absolute Gasteiger partial charge is 0.334 e. The summed E-state index contributed by atoms with van der Waals surface area (Å²) in [7, 11) is 0. The molecule has 0 spiro atoms. The van der Waals surface area contributed by atoms with Gasteiger partial charge in [0.1, 0.15) is 0 Å². The number of hydrogen-bond donors (Lipinski definition) is 2. The molecule has 3 amide bonds. The molecule has 1 aromatic heterocycles. The Kier molecular flexibility index (Phi) is 6.48. The summed E-state index contributed by atoms with van der Waals surface area (Å²) in [5, 5.41) is 6.30. The zero-order valence-electron chi connectivity index (χ0n) is 16.9. The summed E-state index contributed by atoms with van der Waals surface area (Å²) in [5.74, 6) is 0.151. The minimum Gasteiger partial charge on any atom is -0.334 e. The summed E-state index contributed by atoms with van der Waals surface area (Å²) < 4.78 is 0. The van der Waals surface area contributed by atoms with Gasteiger partial charge in [0.05, 0.1) is 6.04 Å². The Morgan fingerprint density at radius 2 is 1.81 bits per heavy atom. The van der Waals surface area contributed by atoms with Gasteiger partial charge in [0, 0.05) is 42.6 Å². The van der Waals surface area contributed by atoms with E-state index < -0.39 is 0 Å². The monoisotopic (exact) mass is 434 g/mol. The Bertz CT molecular complexity index is 1040. The number of halogens is 1. The van der Waals surface area contributed by atoms with Crippen LogP contribution in [0.1, 0.15) is 35.6 Å². The maximum Gasteiger partial charge on any atom is 0.319 e. The molecule has 2 heterocycles. The third kappa shape index (κ3) is 5.41. The van der Waals surface area contributed by atoms with Gasteiger partial charge in [-0.2, -0.15) is 0 Å². The molecule has 1 atom stereocenters. The molecule has 0 aliphatic carbocycles. The Balaban J connectivity index is 1.33. The Morgan fingerprint density at radius 3 is 2.52 bits per heavy atom. The van der Waals surface area contributed by atoms with E-state index in [0.29, 0.717) is 30.2 Å². The molecular formula is C24H23ClN4O2. The molecule has 0 saturated carbocycles. The smallest absolute Gasteiger partial charge is 0.319 e. The molecule has 1 fully saturated rings. The average molecular weight is 435 g/mol. The predicted octanol–water partition coefficient (Wildman–Crippen LogP) is 4.92. The molecule has 2 aromatic carbocycles. The zero-order valence-corrected chi connectivity index (χ0v) is 17.7. The van der Waals surface area contributed by atoms with Crippen LogP contribution in [0.4, 0.5) is 10.5 Å². The number of aromatic nitrogens is 1. The van der Waals surface area contributed by atoms with Crippen LogP contribution in [-0.4, -0.2) is 21.8 Å². The van der Waals surface area contributed by atoms with Crippen LogP contribution in [-0.2, 0) is 17.9 Å². The van der Waals surface area contributed by atoms with E-state index >= 15 is 0 Å². The lowest BCUT2D eigenvalue weighted by Crippen LogP contribution is -2.28. The molecule has 158 valence electrons. The van der Waals surface area contributed by atoms with Crippen molar-refractivity contribution >= 4 is 29.2 Å². The second-order valence-corrected chi connectivity index (χ2v) is 7.93. The molecule has 1 aliphatic rings. The molecule has 7 heteroatoms. The molecule has 0 bridgehead atoms. The van der Waals surface area contributed by atoms with Gasteiger partial charge in [0.2, 0.25) is 5.91 Å². The summed E-state index contributed by atoms with van der Waals surface area (Å²) in [6.07, 6.45) is 4.92. The first-order chi connectivity index (χ1) is 15.1. The van der Waals surface area contributed by atoms with Crippen molar-refractivity contribution in [1.82, 2.24) is 15.2 Å². The summed E-state index contributed by atoms with van der Waals surface area (Å²) in [4.78, 5) is 30.7. The number of amides is 3. The third-order valence-corrected chi connectivity index (χ3v) is 5.58. The molecule has 1 aliphatic heterocycles. The van der Waals surface area contributed by atoms with Crippen LogP contribution in [0.15, 0.2) is 73.1 Å². The van der Waals surface area contributed by atoms with Gasteiger partial charge < -0.3 is 15.5 Å². The first kappa shape index (κ1) is 20.9. The van der Waals surface area contributed by atoms with Crippen LogP contribution in [0.2, 0.25) is 5.02 Å². The van der Waals surface area contributed by atoms with Crippen LogP contribution in [0.25, 0.3) is 0 Å². The van der Waals surface area contributed by atoms with Crippen molar-refractivity contribution in [2.24, 2.45) is 0 Å². The Hall–Kier alpha value is -3.38. The van der Waals surface area contributed by atoms with Crippen molar-refractivity contribution in [3.63, 3.8) is 0 Å². The molecule has 4 rings (SSSR count). The van der Waals surface area contributed by atoms with Crippen molar-refractivity contribution in [3.8, 4) is 0 Å². The molecular weight excluding hydrogens is 412 g/mol. The molecule has 2 N–H and O–H groups in total. The minimum atomic E-state index is -0.283. The molecule has 1 saturated heterocycles. The van der Waals surface area contributed by atoms with Crippen molar-refractivity contribution in [2.75, 3.05) is 5.32 Å². The van der Waals surface area contributed by atoms with E-state index in [1.54, 1.807) is 18.3 Å². The normalized spacial score (nSPS) is 15.7. The number of benzene rings is 2. The van der Waals surface area contributed by atoms with E-state index in [1.165, 1.54) is 0 Å². The van der Waals surface area contributed by atoms with E-state index in [1.807, 2.05) is 59.6 Å². The average Bonchev–Trinajstić information content (AvgIpc) is 3.15. The van der Waals surface area contributed by atoms with Gasteiger partial charge in [0.25, 0.3) is 0 Å². The van der Waals surface area contributed by atoms with E-state index in [2.05, 4.69) is 15.6 Å².